The highest BCUT2D eigenvalue weighted by atomic mass is 79.9. The van der Waals surface area contributed by atoms with Gasteiger partial charge < -0.3 is 10.1 Å². The first kappa shape index (κ1) is 11.7. The Morgan fingerprint density at radius 3 is 3.00 bits per heavy atom. The van der Waals surface area contributed by atoms with E-state index < -0.39 is 0 Å². The smallest absolute Gasteiger partial charge is 0.114 e. The zero-order valence-electron chi connectivity index (χ0n) is 9.37. The van der Waals surface area contributed by atoms with Crippen LogP contribution in [0.5, 0.6) is 0 Å². The van der Waals surface area contributed by atoms with Gasteiger partial charge in [-0.3, -0.25) is 0 Å². The highest BCUT2D eigenvalue weighted by Gasteiger charge is 2.19. The van der Waals surface area contributed by atoms with Crippen LogP contribution in [0, 0.1) is 0 Å². The van der Waals surface area contributed by atoms with Gasteiger partial charge in [0.1, 0.15) is 5.76 Å². The van der Waals surface area contributed by atoms with Crippen LogP contribution in [0.15, 0.2) is 40.6 Å². The van der Waals surface area contributed by atoms with Gasteiger partial charge in [-0.1, -0.05) is 35.0 Å². The maximum atomic E-state index is 5.65. The van der Waals surface area contributed by atoms with Crippen LogP contribution in [0.1, 0.15) is 24.9 Å². The lowest BCUT2D eigenvalue weighted by Gasteiger charge is -2.19. The van der Waals surface area contributed by atoms with Crippen LogP contribution in [0.4, 0.5) is 0 Å². The van der Waals surface area contributed by atoms with Crippen molar-refractivity contribution in [3.63, 3.8) is 0 Å². The van der Waals surface area contributed by atoms with E-state index in [0.717, 1.165) is 29.8 Å². The predicted octanol–water partition coefficient (Wildman–Crippen LogP) is 3.40. The Hall–Kier alpha value is -0.800. The second-order valence-electron chi connectivity index (χ2n) is 3.79. The van der Waals surface area contributed by atoms with Crippen LogP contribution in [0.3, 0.4) is 0 Å². The van der Waals surface area contributed by atoms with Gasteiger partial charge in [0.15, 0.2) is 0 Å². The molecule has 2 rings (SSSR count). The topological polar surface area (TPSA) is 21.3 Å². The molecule has 16 heavy (non-hydrogen) atoms. The number of likely N-dealkylation sites (N-methyl/N-ethyl adjacent to an activating group) is 1. The molecule has 1 atom stereocenters. The molecule has 0 saturated heterocycles. The summed E-state index contributed by atoms with van der Waals surface area (Å²) in [5.41, 5.74) is 1.24. The molecule has 0 aromatic heterocycles. The molecule has 0 fully saturated rings. The van der Waals surface area contributed by atoms with Gasteiger partial charge in [-0.2, -0.15) is 0 Å². The maximum Gasteiger partial charge on any atom is 0.114 e. The van der Waals surface area contributed by atoms with Crippen molar-refractivity contribution in [1.82, 2.24) is 5.32 Å². The molecule has 0 aliphatic carbocycles. The average Bonchev–Trinajstić information content (AvgIpc) is 2.79. The lowest BCUT2D eigenvalue weighted by molar-refractivity contribution is 0.216. The summed E-state index contributed by atoms with van der Waals surface area (Å²) in [6, 6.07) is 8.54. The Kier molecular flexibility index (Phi) is 4.02. The van der Waals surface area contributed by atoms with Gasteiger partial charge in [0, 0.05) is 10.9 Å². The molecule has 0 spiro atoms. The van der Waals surface area contributed by atoms with Crippen LogP contribution >= 0.6 is 15.9 Å². The van der Waals surface area contributed by atoms with Gasteiger partial charge in [0.25, 0.3) is 0 Å². The van der Waals surface area contributed by atoms with E-state index in [1.165, 1.54) is 5.56 Å². The molecule has 1 heterocycles. The molecule has 1 aliphatic heterocycles. The van der Waals surface area contributed by atoms with Gasteiger partial charge in [-0.05, 0) is 30.3 Å². The fourth-order valence-electron chi connectivity index (χ4n) is 1.91. The summed E-state index contributed by atoms with van der Waals surface area (Å²) in [5.74, 6) is 1.06. The third-order valence-corrected chi connectivity index (χ3v) is 3.10. The van der Waals surface area contributed by atoms with Crippen molar-refractivity contribution in [2.75, 3.05) is 13.2 Å². The third kappa shape index (κ3) is 2.66. The Balaban J connectivity index is 2.24. The number of hydrogen-bond donors (Lipinski definition) is 1. The normalized spacial score (nSPS) is 16.8. The average molecular weight is 282 g/mol. The summed E-state index contributed by atoms with van der Waals surface area (Å²) in [6.45, 7) is 3.85. The zero-order chi connectivity index (χ0) is 11.4. The largest absolute Gasteiger partial charge is 0.496 e. The standard InChI is InChI=1S/C13H16BrNO/c1-2-15-13(12-7-4-8-16-12)10-5-3-6-11(14)9-10/h3,5-7,9,13,15H,2,4,8H2,1H3. The summed E-state index contributed by atoms with van der Waals surface area (Å²) in [4.78, 5) is 0. The monoisotopic (exact) mass is 281 g/mol. The van der Waals surface area contributed by atoms with Crippen LogP contribution < -0.4 is 5.32 Å². The summed E-state index contributed by atoms with van der Waals surface area (Å²) in [7, 11) is 0. The summed E-state index contributed by atoms with van der Waals surface area (Å²) in [5, 5.41) is 3.45. The zero-order valence-corrected chi connectivity index (χ0v) is 11.0. The predicted molar refractivity (Wildman–Crippen MR) is 69.2 cm³/mol. The van der Waals surface area contributed by atoms with Gasteiger partial charge in [-0.15, -0.1) is 0 Å². The van der Waals surface area contributed by atoms with E-state index in [9.17, 15) is 0 Å². The number of benzene rings is 1. The quantitative estimate of drug-likeness (QED) is 0.913. The fraction of sp³-hybridized carbons (Fsp3) is 0.385. The third-order valence-electron chi connectivity index (χ3n) is 2.61. The van der Waals surface area contributed by atoms with Crippen molar-refractivity contribution in [3.05, 3.63) is 46.1 Å². The molecule has 1 aromatic rings. The maximum absolute atomic E-state index is 5.65. The Bertz CT molecular complexity index is 389. The van der Waals surface area contributed by atoms with Crippen LogP contribution in [-0.4, -0.2) is 13.2 Å². The van der Waals surface area contributed by atoms with E-state index in [-0.39, 0.29) is 6.04 Å². The van der Waals surface area contributed by atoms with Crippen LogP contribution in [0.2, 0.25) is 0 Å². The second kappa shape index (κ2) is 5.51. The van der Waals surface area contributed by atoms with Crippen molar-refractivity contribution >= 4 is 15.9 Å². The summed E-state index contributed by atoms with van der Waals surface area (Å²) < 4.78 is 6.75. The van der Waals surface area contributed by atoms with E-state index >= 15 is 0 Å². The molecule has 1 N–H and O–H groups in total. The summed E-state index contributed by atoms with van der Waals surface area (Å²) in [6.07, 6.45) is 3.19. The van der Waals surface area contributed by atoms with Gasteiger partial charge >= 0.3 is 0 Å². The van der Waals surface area contributed by atoms with E-state index in [2.05, 4.69) is 52.4 Å². The molecular formula is C13H16BrNO. The highest BCUT2D eigenvalue weighted by molar-refractivity contribution is 9.10. The van der Waals surface area contributed by atoms with Crippen molar-refractivity contribution in [2.45, 2.75) is 19.4 Å². The van der Waals surface area contributed by atoms with Crippen molar-refractivity contribution < 1.29 is 4.74 Å². The molecular weight excluding hydrogens is 266 g/mol. The van der Waals surface area contributed by atoms with Crippen molar-refractivity contribution in [2.24, 2.45) is 0 Å². The highest BCUT2D eigenvalue weighted by Crippen LogP contribution is 2.27. The summed E-state index contributed by atoms with van der Waals surface area (Å²) >= 11 is 3.50. The lowest BCUT2D eigenvalue weighted by atomic mass is 10.0. The first-order chi connectivity index (χ1) is 7.81. The minimum Gasteiger partial charge on any atom is -0.496 e. The van der Waals surface area contributed by atoms with Crippen LogP contribution in [0.25, 0.3) is 0 Å². The molecule has 0 saturated carbocycles. The lowest BCUT2D eigenvalue weighted by Crippen LogP contribution is -2.23. The molecule has 2 nitrogen and oxygen atoms in total. The minimum atomic E-state index is 0.185. The minimum absolute atomic E-state index is 0.185. The van der Waals surface area contributed by atoms with Crippen molar-refractivity contribution in [3.8, 4) is 0 Å². The number of hydrogen-bond acceptors (Lipinski definition) is 2. The van der Waals surface area contributed by atoms with E-state index in [4.69, 9.17) is 4.74 Å². The Labute approximate surface area is 105 Å². The van der Waals surface area contributed by atoms with Gasteiger partial charge in [0.2, 0.25) is 0 Å². The van der Waals surface area contributed by atoms with Crippen molar-refractivity contribution in [1.29, 1.82) is 0 Å². The molecule has 0 radical (unpaired) electrons. The Morgan fingerprint density at radius 2 is 2.38 bits per heavy atom. The molecule has 1 aliphatic rings. The number of ether oxygens (including phenoxy) is 1. The van der Waals surface area contributed by atoms with E-state index in [1.54, 1.807) is 0 Å². The molecule has 1 unspecified atom stereocenters. The first-order valence-corrected chi connectivity index (χ1v) is 6.42. The van der Waals surface area contributed by atoms with Gasteiger partial charge in [0.05, 0.1) is 12.6 Å². The van der Waals surface area contributed by atoms with E-state index in [0.29, 0.717) is 0 Å². The van der Waals surface area contributed by atoms with Gasteiger partial charge in [-0.25, -0.2) is 0 Å². The number of nitrogens with one attached hydrogen (secondary N) is 1. The van der Waals surface area contributed by atoms with Crippen LogP contribution in [-0.2, 0) is 4.74 Å². The molecule has 86 valence electrons. The van der Waals surface area contributed by atoms with E-state index in [1.807, 2.05) is 6.07 Å². The fourth-order valence-corrected chi connectivity index (χ4v) is 2.33. The molecule has 0 bridgehead atoms. The molecule has 3 heteroatoms. The second-order valence-corrected chi connectivity index (χ2v) is 4.71. The number of halogens is 1. The Morgan fingerprint density at radius 1 is 1.50 bits per heavy atom. The first-order valence-electron chi connectivity index (χ1n) is 5.63. The SMILES string of the molecule is CCNC(C1=CCCO1)c1cccc(Br)c1. The molecule has 1 aromatic carbocycles. The molecule has 0 amide bonds. The number of rotatable bonds is 4.